The zero-order chi connectivity index (χ0) is 15.4. The standard InChI is InChI=1S/C18H23NO2/c1-12-5-7-15(8-6-12)13(2)19-14(3)17-11-16(21-4)9-10-18(17)20/h5-11,13-14,19-20H,1-4H3/t13-,14?/m0/s1. The van der Waals surface area contributed by atoms with Gasteiger partial charge in [-0.05, 0) is 44.5 Å². The first kappa shape index (κ1) is 15.4. The molecule has 0 bridgehead atoms. The van der Waals surface area contributed by atoms with E-state index < -0.39 is 0 Å². The minimum absolute atomic E-state index is 0.0244. The summed E-state index contributed by atoms with van der Waals surface area (Å²) < 4.78 is 5.22. The maximum absolute atomic E-state index is 10.0. The van der Waals surface area contributed by atoms with Crippen molar-refractivity contribution in [2.24, 2.45) is 0 Å². The van der Waals surface area contributed by atoms with E-state index in [0.717, 1.165) is 11.3 Å². The van der Waals surface area contributed by atoms with E-state index in [4.69, 9.17) is 4.74 Å². The van der Waals surface area contributed by atoms with E-state index in [1.165, 1.54) is 11.1 Å². The summed E-state index contributed by atoms with van der Waals surface area (Å²) in [4.78, 5) is 0. The van der Waals surface area contributed by atoms with E-state index in [1.54, 1.807) is 19.2 Å². The van der Waals surface area contributed by atoms with Gasteiger partial charge in [-0.25, -0.2) is 0 Å². The third-order valence-electron chi connectivity index (χ3n) is 3.78. The summed E-state index contributed by atoms with van der Waals surface area (Å²) in [5, 5.41) is 13.5. The zero-order valence-electron chi connectivity index (χ0n) is 13.1. The van der Waals surface area contributed by atoms with Crippen LogP contribution in [0.25, 0.3) is 0 Å². The molecule has 2 N–H and O–H groups in total. The summed E-state index contributed by atoms with van der Waals surface area (Å²) in [5.74, 6) is 1.03. The van der Waals surface area contributed by atoms with Crippen LogP contribution in [-0.2, 0) is 0 Å². The molecule has 2 aromatic carbocycles. The van der Waals surface area contributed by atoms with Gasteiger partial charge < -0.3 is 15.2 Å². The number of rotatable bonds is 5. The molecule has 21 heavy (non-hydrogen) atoms. The van der Waals surface area contributed by atoms with Crippen LogP contribution in [0.3, 0.4) is 0 Å². The van der Waals surface area contributed by atoms with Crippen LogP contribution >= 0.6 is 0 Å². The van der Waals surface area contributed by atoms with Gasteiger partial charge in [0.1, 0.15) is 11.5 Å². The Bertz CT molecular complexity index is 593. The smallest absolute Gasteiger partial charge is 0.120 e. The SMILES string of the molecule is COc1ccc(O)c(C(C)N[C@@H](C)c2ccc(C)cc2)c1. The van der Waals surface area contributed by atoms with Crippen LogP contribution in [0.1, 0.15) is 42.6 Å². The van der Waals surface area contributed by atoms with Gasteiger partial charge in [-0.2, -0.15) is 0 Å². The van der Waals surface area contributed by atoms with Gasteiger partial charge in [-0.3, -0.25) is 0 Å². The lowest BCUT2D eigenvalue weighted by molar-refractivity contribution is 0.405. The van der Waals surface area contributed by atoms with Crippen LogP contribution in [0.2, 0.25) is 0 Å². The lowest BCUT2D eigenvalue weighted by atomic mass is 10.0. The summed E-state index contributed by atoms with van der Waals surface area (Å²) in [6, 6.07) is 14.0. The third kappa shape index (κ3) is 3.76. The zero-order valence-corrected chi connectivity index (χ0v) is 13.1. The Hall–Kier alpha value is -2.00. The second kappa shape index (κ2) is 6.64. The summed E-state index contributed by atoms with van der Waals surface area (Å²) in [6.07, 6.45) is 0. The minimum atomic E-state index is 0.0244. The highest BCUT2D eigenvalue weighted by atomic mass is 16.5. The van der Waals surface area contributed by atoms with Crippen molar-refractivity contribution in [3.63, 3.8) is 0 Å². The Morgan fingerprint density at radius 3 is 2.29 bits per heavy atom. The summed E-state index contributed by atoms with van der Waals surface area (Å²) in [6.45, 7) is 6.25. The van der Waals surface area contributed by atoms with Crippen molar-refractivity contribution < 1.29 is 9.84 Å². The number of aromatic hydroxyl groups is 1. The maximum atomic E-state index is 10.0. The number of phenols is 1. The molecule has 1 unspecified atom stereocenters. The fourth-order valence-corrected chi connectivity index (χ4v) is 2.42. The molecule has 0 radical (unpaired) electrons. The van der Waals surface area contributed by atoms with E-state index in [1.807, 2.05) is 13.0 Å². The highest BCUT2D eigenvalue weighted by Crippen LogP contribution is 2.29. The number of hydrogen-bond acceptors (Lipinski definition) is 3. The number of benzene rings is 2. The van der Waals surface area contributed by atoms with Gasteiger partial charge in [-0.1, -0.05) is 29.8 Å². The van der Waals surface area contributed by atoms with Gasteiger partial charge in [0.15, 0.2) is 0 Å². The molecule has 0 aliphatic heterocycles. The second-order valence-electron chi connectivity index (χ2n) is 5.45. The number of ether oxygens (including phenoxy) is 1. The summed E-state index contributed by atoms with van der Waals surface area (Å²) in [7, 11) is 1.63. The van der Waals surface area contributed by atoms with E-state index >= 15 is 0 Å². The molecule has 0 saturated carbocycles. The molecular formula is C18H23NO2. The van der Waals surface area contributed by atoms with Gasteiger partial charge in [-0.15, -0.1) is 0 Å². The Kier molecular flexibility index (Phi) is 4.86. The van der Waals surface area contributed by atoms with Crippen molar-refractivity contribution in [3.05, 3.63) is 59.2 Å². The quantitative estimate of drug-likeness (QED) is 0.868. The molecule has 2 aromatic rings. The monoisotopic (exact) mass is 285 g/mol. The van der Waals surface area contributed by atoms with Gasteiger partial charge in [0.05, 0.1) is 7.11 Å². The predicted octanol–water partition coefficient (Wildman–Crippen LogP) is 4.12. The van der Waals surface area contributed by atoms with Crippen LogP contribution in [0.15, 0.2) is 42.5 Å². The molecule has 0 aromatic heterocycles. The highest BCUT2D eigenvalue weighted by Gasteiger charge is 2.15. The average molecular weight is 285 g/mol. The second-order valence-corrected chi connectivity index (χ2v) is 5.45. The third-order valence-corrected chi connectivity index (χ3v) is 3.78. The lowest BCUT2D eigenvalue weighted by Crippen LogP contribution is -2.22. The fraction of sp³-hybridized carbons (Fsp3) is 0.333. The van der Waals surface area contributed by atoms with Crippen molar-refractivity contribution in [2.75, 3.05) is 7.11 Å². The highest BCUT2D eigenvalue weighted by molar-refractivity contribution is 5.41. The molecular weight excluding hydrogens is 262 g/mol. The summed E-state index contributed by atoms with van der Waals surface area (Å²) >= 11 is 0. The van der Waals surface area contributed by atoms with Crippen LogP contribution in [0.5, 0.6) is 11.5 Å². The normalized spacial score (nSPS) is 13.7. The average Bonchev–Trinajstić information content (AvgIpc) is 2.48. The van der Waals surface area contributed by atoms with Crippen molar-refractivity contribution in [2.45, 2.75) is 32.9 Å². The topological polar surface area (TPSA) is 41.5 Å². The van der Waals surface area contributed by atoms with Crippen molar-refractivity contribution in [3.8, 4) is 11.5 Å². The number of nitrogens with one attached hydrogen (secondary N) is 1. The first-order valence-corrected chi connectivity index (χ1v) is 7.20. The van der Waals surface area contributed by atoms with Gasteiger partial charge in [0.2, 0.25) is 0 Å². The van der Waals surface area contributed by atoms with Crippen molar-refractivity contribution >= 4 is 0 Å². The van der Waals surface area contributed by atoms with Gasteiger partial charge >= 0.3 is 0 Å². The van der Waals surface area contributed by atoms with E-state index in [0.29, 0.717) is 0 Å². The number of phenolic OH excluding ortho intramolecular Hbond substituents is 1. The molecule has 3 heteroatoms. The molecule has 112 valence electrons. The molecule has 2 atom stereocenters. The van der Waals surface area contributed by atoms with Crippen LogP contribution < -0.4 is 10.1 Å². The molecule has 0 amide bonds. The van der Waals surface area contributed by atoms with Crippen LogP contribution in [0, 0.1) is 6.92 Å². The number of aryl methyl sites for hydroxylation is 1. The van der Waals surface area contributed by atoms with E-state index in [2.05, 4.69) is 43.4 Å². The van der Waals surface area contributed by atoms with Crippen LogP contribution in [0.4, 0.5) is 0 Å². The maximum Gasteiger partial charge on any atom is 0.120 e. The molecule has 2 rings (SSSR count). The molecule has 0 spiro atoms. The Morgan fingerprint density at radius 1 is 1.00 bits per heavy atom. The van der Waals surface area contributed by atoms with Gasteiger partial charge in [0, 0.05) is 17.6 Å². The van der Waals surface area contributed by atoms with Crippen molar-refractivity contribution in [1.29, 1.82) is 0 Å². The Labute approximate surface area is 126 Å². The van der Waals surface area contributed by atoms with E-state index in [-0.39, 0.29) is 17.8 Å². The van der Waals surface area contributed by atoms with Crippen LogP contribution in [-0.4, -0.2) is 12.2 Å². The lowest BCUT2D eigenvalue weighted by Gasteiger charge is -2.22. The molecule has 0 saturated heterocycles. The summed E-state index contributed by atoms with van der Waals surface area (Å²) in [5.41, 5.74) is 3.33. The Balaban J connectivity index is 2.13. The molecule has 3 nitrogen and oxygen atoms in total. The molecule has 0 fully saturated rings. The molecule has 0 aliphatic carbocycles. The fourth-order valence-electron chi connectivity index (χ4n) is 2.42. The molecule has 0 heterocycles. The largest absolute Gasteiger partial charge is 0.508 e. The van der Waals surface area contributed by atoms with Gasteiger partial charge in [0.25, 0.3) is 0 Å². The number of hydrogen-bond donors (Lipinski definition) is 2. The molecule has 0 aliphatic rings. The Morgan fingerprint density at radius 2 is 1.67 bits per heavy atom. The predicted molar refractivity (Wildman–Crippen MR) is 85.8 cm³/mol. The van der Waals surface area contributed by atoms with E-state index in [9.17, 15) is 5.11 Å². The first-order chi connectivity index (χ1) is 10.0. The first-order valence-electron chi connectivity index (χ1n) is 7.20. The number of methoxy groups -OCH3 is 1. The minimum Gasteiger partial charge on any atom is -0.508 e. The van der Waals surface area contributed by atoms with Crippen molar-refractivity contribution in [1.82, 2.24) is 5.32 Å².